The van der Waals surface area contributed by atoms with E-state index in [9.17, 15) is 9.59 Å². The topological polar surface area (TPSA) is 96.5 Å². The van der Waals surface area contributed by atoms with Gasteiger partial charge in [0.25, 0.3) is 5.91 Å². The average Bonchev–Trinajstić information content (AvgIpc) is 3.15. The molecule has 0 radical (unpaired) electrons. The number of rotatable bonds is 7. The standard InChI is InChI=1S/C26H27N5O3/c32-23-26(30-24(33)29-23,17-19-5-2-1-3-6-19)21-11-15-31(16-12-21)18-20-7-9-22(10-8-20)34-25-27-13-4-14-28-25/h1-10,13-14,21H,11-12,15-18H2,(H2,29,30,32,33)/t26-/m0/s1. The molecule has 3 aromatic rings. The number of imide groups is 1. The number of amides is 3. The lowest BCUT2D eigenvalue weighted by Gasteiger charge is -2.40. The summed E-state index contributed by atoms with van der Waals surface area (Å²) in [6.07, 6.45) is 5.47. The Kier molecular flexibility index (Phi) is 6.22. The number of nitrogens with one attached hydrogen (secondary N) is 2. The highest BCUT2D eigenvalue weighted by molar-refractivity contribution is 6.07. The molecular weight excluding hydrogens is 430 g/mol. The molecule has 34 heavy (non-hydrogen) atoms. The van der Waals surface area contributed by atoms with Gasteiger partial charge in [-0.2, -0.15) is 0 Å². The van der Waals surface area contributed by atoms with Crippen LogP contribution in [-0.4, -0.2) is 45.4 Å². The van der Waals surface area contributed by atoms with E-state index in [0.29, 0.717) is 18.2 Å². The van der Waals surface area contributed by atoms with Crippen LogP contribution in [0.3, 0.4) is 0 Å². The highest BCUT2D eigenvalue weighted by atomic mass is 16.5. The van der Waals surface area contributed by atoms with E-state index in [1.54, 1.807) is 18.5 Å². The second kappa shape index (κ2) is 9.61. The maximum absolute atomic E-state index is 12.9. The van der Waals surface area contributed by atoms with Crippen LogP contribution >= 0.6 is 0 Å². The summed E-state index contributed by atoms with van der Waals surface area (Å²) < 4.78 is 5.66. The number of aromatic nitrogens is 2. The van der Waals surface area contributed by atoms with E-state index < -0.39 is 11.6 Å². The molecule has 2 aliphatic heterocycles. The van der Waals surface area contributed by atoms with Crippen molar-refractivity contribution in [1.82, 2.24) is 25.5 Å². The zero-order valence-electron chi connectivity index (χ0n) is 18.8. The molecule has 2 aromatic carbocycles. The third-order valence-corrected chi connectivity index (χ3v) is 6.66. The van der Waals surface area contributed by atoms with Crippen LogP contribution in [0.5, 0.6) is 11.8 Å². The van der Waals surface area contributed by atoms with Crippen LogP contribution in [0.4, 0.5) is 4.79 Å². The molecule has 174 valence electrons. The summed E-state index contributed by atoms with van der Waals surface area (Å²) >= 11 is 0. The molecule has 8 heteroatoms. The van der Waals surface area contributed by atoms with Gasteiger partial charge < -0.3 is 10.1 Å². The number of benzene rings is 2. The Morgan fingerprint density at radius 2 is 1.62 bits per heavy atom. The maximum Gasteiger partial charge on any atom is 0.322 e. The molecule has 3 amide bonds. The van der Waals surface area contributed by atoms with Crippen molar-refractivity contribution in [3.63, 3.8) is 0 Å². The smallest absolute Gasteiger partial charge is 0.322 e. The van der Waals surface area contributed by atoms with Gasteiger partial charge in [0.1, 0.15) is 11.3 Å². The minimum atomic E-state index is -0.886. The maximum atomic E-state index is 12.9. The zero-order chi connectivity index (χ0) is 23.4. The second-order valence-corrected chi connectivity index (χ2v) is 8.87. The Hall–Kier alpha value is -3.78. The normalized spacial score (nSPS) is 21.2. The van der Waals surface area contributed by atoms with Gasteiger partial charge in [0.05, 0.1) is 0 Å². The summed E-state index contributed by atoms with van der Waals surface area (Å²) in [6.45, 7) is 2.54. The molecular formula is C26H27N5O3. The van der Waals surface area contributed by atoms with Crippen molar-refractivity contribution < 1.29 is 14.3 Å². The fourth-order valence-electron chi connectivity index (χ4n) is 4.93. The largest absolute Gasteiger partial charge is 0.424 e. The molecule has 2 aliphatic rings. The van der Waals surface area contributed by atoms with Crippen molar-refractivity contribution >= 4 is 11.9 Å². The van der Waals surface area contributed by atoms with E-state index in [2.05, 4.69) is 25.5 Å². The lowest BCUT2D eigenvalue weighted by molar-refractivity contribution is -0.126. The van der Waals surface area contributed by atoms with Crippen molar-refractivity contribution in [3.05, 3.63) is 84.2 Å². The van der Waals surface area contributed by atoms with Crippen LogP contribution in [0.25, 0.3) is 0 Å². The first-order valence-electron chi connectivity index (χ1n) is 11.5. The van der Waals surface area contributed by atoms with E-state index in [1.807, 2.05) is 54.6 Å². The number of likely N-dealkylation sites (tertiary alicyclic amines) is 1. The van der Waals surface area contributed by atoms with Crippen LogP contribution in [0.2, 0.25) is 0 Å². The van der Waals surface area contributed by atoms with Crippen LogP contribution in [-0.2, 0) is 17.8 Å². The summed E-state index contributed by atoms with van der Waals surface area (Å²) in [6, 6.07) is 19.5. The van der Waals surface area contributed by atoms with Crippen molar-refractivity contribution in [1.29, 1.82) is 0 Å². The lowest BCUT2D eigenvalue weighted by atomic mass is 9.74. The van der Waals surface area contributed by atoms with Gasteiger partial charge in [-0.1, -0.05) is 42.5 Å². The molecule has 1 aromatic heterocycles. The molecule has 8 nitrogen and oxygen atoms in total. The number of urea groups is 1. The highest BCUT2D eigenvalue weighted by Crippen LogP contribution is 2.34. The molecule has 0 spiro atoms. The number of carbonyl (C=O) groups excluding carboxylic acids is 2. The van der Waals surface area contributed by atoms with E-state index in [4.69, 9.17) is 4.74 Å². The molecule has 0 aliphatic carbocycles. The Balaban J connectivity index is 1.20. The summed E-state index contributed by atoms with van der Waals surface area (Å²) in [5, 5.41) is 5.46. The predicted molar refractivity (Wildman–Crippen MR) is 126 cm³/mol. The number of hydrogen-bond donors (Lipinski definition) is 2. The van der Waals surface area contributed by atoms with Crippen LogP contribution in [0.1, 0.15) is 24.0 Å². The summed E-state index contributed by atoms with van der Waals surface area (Å²) in [5.41, 5.74) is 1.35. The minimum absolute atomic E-state index is 0.0806. The average molecular weight is 458 g/mol. The van der Waals surface area contributed by atoms with Crippen molar-refractivity contribution in [2.24, 2.45) is 5.92 Å². The van der Waals surface area contributed by atoms with E-state index in [1.165, 1.54) is 5.56 Å². The van der Waals surface area contributed by atoms with Gasteiger partial charge in [-0.15, -0.1) is 0 Å². The molecule has 2 fully saturated rings. The molecule has 0 unspecified atom stereocenters. The van der Waals surface area contributed by atoms with Gasteiger partial charge in [0.2, 0.25) is 0 Å². The first-order chi connectivity index (χ1) is 16.6. The van der Waals surface area contributed by atoms with Crippen LogP contribution in [0.15, 0.2) is 73.1 Å². The Bertz CT molecular complexity index is 1130. The van der Waals surface area contributed by atoms with Gasteiger partial charge in [-0.3, -0.25) is 15.0 Å². The number of piperidine rings is 1. The van der Waals surface area contributed by atoms with Gasteiger partial charge in [0, 0.05) is 25.4 Å². The molecule has 3 heterocycles. The Morgan fingerprint density at radius 1 is 0.912 bits per heavy atom. The summed E-state index contributed by atoms with van der Waals surface area (Å²) in [7, 11) is 0. The monoisotopic (exact) mass is 457 g/mol. The van der Waals surface area contributed by atoms with Gasteiger partial charge in [0.15, 0.2) is 0 Å². The number of carbonyl (C=O) groups is 2. The molecule has 0 saturated carbocycles. The number of hydrogen-bond acceptors (Lipinski definition) is 6. The molecule has 5 rings (SSSR count). The third-order valence-electron chi connectivity index (χ3n) is 6.66. The molecule has 0 bridgehead atoms. The van der Waals surface area contributed by atoms with E-state index in [0.717, 1.165) is 38.0 Å². The predicted octanol–water partition coefficient (Wildman–Crippen LogP) is 3.30. The molecule has 1 atom stereocenters. The number of ether oxygens (including phenoxy) is 1. The fourth-order valence-corrected chi connectivity index (χ4v) is 4.93. The zero-order valence-corrected chi connectivity index (χ0v) is 18.8. The van der Waals surface area contributed by atoms with Crippen molar-refractivity contribution in [3.8, 4) is 11.8 Å². The lowest BCUT2D eigenvalue weighted by Crippen LogP contribution is -2.57. The van der Waals surface area contributed by atoms with Crippen molar-refractivity contribution in [2.45, 2.75) is 31.3 Å². The van der Waals surface area contributed by atoms with Gasteiger partial charge in [-0.25, -0.2) is 14.8 Å². The Morgan fingerprint density at radius 3 is 2.26 bits per heavy atom. The van der Waals surface area contributed by atoms with Gasteiger partial charge >= 0.3 is 12.0 Å². The number of nitrogens with zero attached hydrogens (tertiary/aromatic N) is 3. The minimum Gasteiger partial charge on any atom is -0.424 e. The van der Waals surface area contributed by atoms with Gasteiger partial charge in [-0.05, 0) is 61.2 Å². The van der Waals surface area contributed by atoms with Crippen LogP contribution < -0.4 is 15.4 Å². The molecule has 2 saturated heterocycles. The Labute approximate surface area is 198 Å². The third kappa shape index (κ3) is 4.77. The fraction of sp³-hybridized carbons (Fsp3) is 0.308. The van der Waals surface area contributed by atoms with E-state index >= 15 is 0 Å². The SMILES string of the molecule is O=C1NC(=O)[C@](Cc2ccccc2)(C2CCN(Cc3ccc(Oc4ncccn4)cc3)CC2)N1. The molecule has 2 N–H and O–H groups in total. The van der Waals surface area contributed by atoms with Crippen molar-refractivity contribution in [2.75, 3.05) is 13.1 Å². The summed E-state index contributed by atoms with van der Waals surface area (Å²) in [4.78, 5) is 35.5. The van der Waals surface area contributed by atoms with Crippen LogP contribution in [0, 0.1) is 5.92 Å². The first kappa shape index (κ1) is 22.0. The first-order valence-corrected chi connectivity index (χ1v) is 11.5. The second-order valence-electron chi connectivity index (χ2n) is 8.87. The van der Waals surface area contributed by atoms with E-state index in [-0.39, 0.29) is 11.8 Å². The quantitative estimate of drug-likeness (QED) is 0.529. The summed E-state index contributed by atoms with van der Waals surface area (Å²) in [5.74, 6) is 0.564. The highest BCUT2D eigenvalue weighted by Gasteiger charge is 2.52.